The van der Waals surface area contributed by atoms with Crippen LogP contribution in [0.15, 0.2) is 12.5 Å². The van der Waals surface area contributed by atoms with Gasteiger partial charge in [-0.15, -0.1) is 0 Å². The molecule has 2 aliphatic heterocycles. The van der Waals surface area contributed by atoms with Crippen LogP contribution in [-0.2, 0) is 18.4 Å². The lowest BCUT2D eigenvalue weighted by atomic mass is 10.1. The minimum atomic E-state index is 0.0423. The Morgan fingerprint density at radius 3 is 2.79 bits per heavy atom. The van der Waals surface area contributed by atoms with Gasteiger partial charge in [0.05, 0.1) is 12.0 Å². The molecular weight excluding hydrogens is 242 g/mol. The Bertz CT molecular complexity index is 471. The second kappa shape index (κ2) is 4.94. The summed E-state index contributed by atoms with van der Waals surface area (Å²) in [7, 11) is 3.91. The summed E-state index contributed by atoms with van der Waals surface area (Å²) in [5.41, 5.74) is 1.20. The highest BCUT2D eigenvalue weighted by molar-refractivity contribution is 5.82. The molecule has 0 bridgehead atoms. The van der Waals surface area contributed by atoms with E-state index in [0.29, 0.717) is 0 Å². The monoisotopic (exact) mass is 263 g/mol. The van der Waals surface area contributed by atoms with Gasteiger partial charge in [-0.2, -0.15) is 0 Å². The molecule has 3 heterocycles. The summed E-state index contributed by atoms with van der Waals surface area (Å²) in [6.07, 6.45) is 3.73. The zero-order chi connectivity index (χ0) is 13.4. The van der Waals surface area contributed by atoms with Crippen molar-refractivity contribution in [2.75, 3.05) is 39.8 Å². The van der Waals surface area contributed by atoms with Crippen molar-refractivity contribution in [3.63, 3.8) is 0 Å². The molecule has 0 spiro atoms. The van der Waals surface area contributed by atoms with E-state index in [1.165, 1.54) is 5.69 Å². The Morgan fingerprint density at radius 2 is 2.05 bits per heavy atom. The summed E-state index contributed by atoms with van der Waals surface area (Å²) in [5.74, 6) is 0.265. The lowest BCUT2D eigenvalue weighted by Crippen LogP contribution is -2.63. The maximum atomic E-state index is 12.2. The van der Waals surface area contributed by atoms with Crippen LogP contribution in [-0.4, -0.2) is 76.0 Å². The van der Waals surface area contributed by atoms with E-state index in [4.69, 9.17) is 0 Å². The van der Waals surface area contributed by atoms with E-state index >= 15 is 0 Å². The second-order valence-electron chi connectivity index (χ2n) is 5.54. The molecule has 2 fully saturated rings. The number of amides is 1. The highest BCUT2D eigenvalue weighted by Gasteiger charge is 2.37. The fraction of sp³-hybridized carbons (Fsp3) is 0.692. The zero-order valence-electron chi connectivity index (χ0n) is 11.6. The van der Waals surface area contributed by atoms with Crippen LogP contribution in [0.2, 0.25) is 0 Å². The van der Waals surface area contributed by atoms with Crippen molar-refractivity contribution in [2.45, 2.75) is 12.6 Å². The first-order chi connectivity index (χ1) is 9.15. The van der Waals surface area contributed by atoms with Crippen LogP contribution >= 0.6 is 0 Å². The summed E-state index contributed by atoms with van der Waals surface area (Å²) in [6, 6.07) is 0.0423. The molecule has 1 atom stereocenters. The number of imidazole rings is 1. The van der Waals surface area contributed by atoms with Crippen LogP contribution < -0.4 is 0 Å². The quantitative estimate of drug-likeness (QED) is 0.713. The van der Waals surface area contributed by atoms with Crippen LogP contribution in [0.1, 0.15) is 5.69 Å². The van der Waals surface area contributed by atoms with E-state index in [-0.39, 0.29) is 11.9 Å². The fourth-order valence-electron chi connectivity index (χ4n) is 2.93. The van der Waals surface area contributed by atoms with Gasteiger partial charge in [0.1, 0.15) is 6.04 Å². The molecule has 6 heteroatoms. The highest BCUT2D eigenvalue weighted by atomic mass is 16.2. The lowest BCUT2D eigenvalue weighted by Gasteiger charge is -2.45. The van der Waals surface area contributed by atoms with E-state index in [9.17, 15) is 4.79 Å². The van der Waals surface area contributed by atoms with E-state index < -0.39 is 0 Å². The van der Waals surface area contributed by atoms with Gasteiger partial charge in [0.2, 0.25) is 5.91 Å². The molecule has 2 aliphatic rings. The Morgan fingerprint density at radius 1 is 1.26 bits per heavy atom. The number of rotatable bonds is 2. The molecule has 3 rings (SSSR count). The molecule has 6 nitrogen and oxygen atoms in total. The van der Waals surface area contributed by atoms with Crippen LogP contribution in [0, 0.1) is 0 Å². The van der Waals surface area contributed by atoms with Crippen molar-refractivity contribution >= 4 is 5.91 Å². The molecule has 0 aliphatic carbocycles. The van der Waals surface area contributed by atoms with Gasteiger partial charge in [-0.3, -0.25) is 14.6 Å². The number of carbonyl (C=O) groups excluding carboxylic acids is 1. The molecule has 19 heavy (non-hydrogen) atoms. The largest absolute Gasteiger partial charge is 0.343 e. The van der Waals surface area contributed by atoms with Crippen LogP contribution in [0.5, 0.6) is 0 Å². The molecule has 0 aromatic carbocycles. The van der Waals surface area contributed by atoms with Crippen molar-refractivity contribution in [2.24, 2.45) is 7.05 Å². The van der Waals surface area contributed by atoms with Crippen molar-refractivity contribution in [3.05, 3.63) is 18.2 Å². The Hall–Kier alpha value is -1.40. The van der Waals surface area contributed by atoms with Gasteiger partial charge in [0.25, 0.3) is 0 Å². The third kappa shape index (κ3) is 2.37. The number of fused-ring (bicyclic) bond motifs is 1. The molecule has 1 aromatic heterocycles. The standard InChI is InChI=1S/C13H21N5O/c1-15-3-5-18-6-4-17(9-12(18)13(15)19)8-11-7-14-10-16(11)2/h7,10,12H,3-6,8-9H2,1-2H3/t12-/m1/s1. The molecule has 0 radical (unpaired) electrons. The first kappa shape index (κ1) is 12.6. The van der Waals surface area contributed by atoms with Crippen LogP contribution in [0.25, 0.3) is 0 Å². The minimum absolute atomic E-state index is 0.0423. The number of likely N-dealkylation sites (N-methyl/N-ethyl adjacent to an activating group) is 1. The molecule has 0 unspecified atom stereocenters. The van der Waals surface area contributed by atoms with Crippen LogP contribution in [0.3, 0.4) is 0 Å². The predicted octanol–water partition coefficient (Wildman–Crippen LogP) is -0.622. The number of aryl methyl sites for hydroxylation is 1. The first-order valence-corrected chi connectivity index (χ1v) is 6.82. The van der Waals surface area contributed by atoms with Crippen molar-refractivity contribution in [1.29, 1.82) is 0 Å². The maximum absolute atomic E-state index is 12.2. The zero-order valence-corrected chi connectivity index (χ0v) is 11.6. The van der Waals surface area contributed by atoms with Gasteiger partial charge < -0.3 is 9.47 Å². The van der Waals surface area contributed by atoms with Crippen LogP contribution in [0.4, 0.5) is 0 Å². The van der Waals surface area contributed by atoms with Gasteiger partial charge in [-0.1, -0.05) is 0 Å². The number of carbonyl (C=O) groups is 1. The average molecular weight is 263 g/mol. The molecule has 0 saturated carbocycles. The molecule has 0 N–H and O–H groups in total. The van der Waals surface area contributed by atoms with Gasteiger partial charge in [0.15, 0.2) is 0 Å². The SMILES string of the molecule is CN1CCN2CCN(Cc3cncn3C)C[C@@H]2C1=O. The molecule has 2 saturated heterocycles. The van der Waals surface area contributed by atoms with Crippen molar-refractivity contribution < 1.29 is 4.79 Å². The first-order valence-electron chi connectivity index (χ1n) is 6.82. The highest BCUT2D eigenvalue weighted by Crippen LogP contribution is 2.17. The summed E-state index contributed by atoms with van der Waals surface area (Å²) in [4.78, 5) is 22.9. The topological polar surface area (TPSA) is 44.6 Å². The number of aromatic nitrogens is 2. The minimum Gasteiger partial charge on any atom is -0.343 e. The predicted molar refractivity (Wildman–Crippen MR) is 71.5 cm³/mol. The smallest absolute Gasteiger partial charge is 0.241 e. The fourth-order valence-corrected chi connectivity index (χ4v) is 2.93. The lowest BCUT2D eigenvalue weighted by molar-refractivity contribution is -0.143. The Kier molecular flexibility index (Phi) is 3.28. The number of nitrogens with zero attached hydrogens (tertiary/aromatic N) is 5. The molecular formula is C13H21N5O. The number of hydrogen-bond acceptors (Lipinski definition) is 4. The Labute approximate surface area is 113 Å². The normalized spacial score (nSPS) is 25.7. The Balaban J connectivity index is 1.67. The third-order valence-corrected chi connectivity index (χ3v) is 4.26. The number of hydrogen-bond donors (Lipinski definition) is 0. The van der Waals surface area contributed by atoms with E-state index in [0.717, 1.165) is 39.3 Å². The molecule has 1 amide bonds. The third-order valence-electron chi connectivity index (χ3n) is 4.26. The summed E-state index contributed by atoms with van der Waals surface area (Å²) in [6.45, 7) is 5.58. The second-order valence-corrected chi connectivity index (χ2v) is 5.54. The maximum Gasteiger partial charge on any atom is 0.241 e. The summed E-state index contributed by atoms with van der Waals surface area (Å²) < 4.78 is 2.04. The molecule has 1 aromatic rings. The summed E-state index contributed by atoms with van der Waals surface area (Å²) in [5, 5.41) is 0. The van der Waals surface area contributed by atoms with E-state index in [1.807, 2.05) is 36.1 Å². The average Bonchev–Trinajstić information content (AvgIpc) is 2.80. The van der Waals surface area contributed by atoms with Gasteiger partial charge in [-0.05, 0) is 0 Å². The molecule has 104 valence electrons. The van der Waals surface area contributed by atoms with Gasteiger partial charge >= 0.3 is 0 Å². The van der Waals surface area contributed by atoms with Gasteiger partial charge in [-0.25, -0.2) is 4.98 Å². The van der Waals surface area contributed by atoms with E-state index in [2.05, 4.69) is 14.8 Å². The summed E-state index contributed by atoms with van der Waals surface area (Å²) >= 11 is 0. The van der Waals surface area contributed by atoms with Crippen molar-refractivity contribution in [1.82, 2.24) is 24.3 Å². The van der Waals surface area contributed by atoms with E-state index in [1.54, 1.807) is 0 Å². The van der Waals surface area contributed by atoms with Crippen molar-refractivity contribution in [3.8, 4) is 0 Å². The number of piperazine rings is 2. The van der Waals surface area contributed by atoms with Gasteiger partial charge in [0, 0.05) is 59.6 Å².